The van der Waals surface area contributed by atoms with Gasteiger partial charge in [0, 0.05) is 41.6 Å². The van der Waals surface area contributed by atoms with Gasteiger partial charge in [-0.15, -0.1) is 0 Å². The number of aromatic amines is 2. The van der Waals surface area contributed by atoms with E-state index in [2.05, 4.69) is 34.9 Å². The Labute approximate surface area is 210 Å². The Morgan fingerprint density at radius 2 is 1.84 bits per heavy atom. The molecule has 5 aromatic heterocycles. The molecule has 0 aliphatic carbocycles. The maximum absolute atomic E-state index is 14.5. The van der Waals surface area contributed by atoms with Crippen LogP contribution in [0.2, 0.25) is 0 Å². The SMILES string of the molecule is CS(=O)(=O)NCc1cc(F)cc(-c2nccc3[nH]c(-c4n[nH]c5ccc(-c6cnccn6)nc45)cc23)c1. The summed E-state index contributed by atoms with van der Waals surface area (Å²) in [6, 6.07) is 11.8. The van der Waals surface area contributed by atoms with Gasteiger partial charge in [-0.2, -0.15) is 5.10 Å². The molecular formula is C25H19FN8O2S. The number of H-pyrrole nitrogens is 2. The minimum atomic E-state index is -3.42. The van der Waals surface area contributed by atoms with Crippen LogP contribution in [0.25, 0.3) is 56.0 Å². The third-order valence-electron chi connectivity index (χ3n) is 5.81. The largest absolute Gasteiger partial charge is 0.353 e. The summed E-state index contributed by atoms with van der Waals surface area (Å²) in [7, 11) is -3.42. The molecule has 0 radical (unpaired) electrons. The number of nitrogens with zero attached hydrogens (tertiary/aromatic N) is 5. The molecule has 0 saturated carbocycles. The molecule has 184 valence electrons. The lowest BCUT2D eigenvalue weighted by molar-refractivity contribution is 0.586. The maximum atomic E-state index is 14.5. The number of sulfonamides is 1. The molecule has 0 fully saturated rings. The predicted molar refractivity (Wildman–Crippen MR) is 137 cm³/mol. The van der Waals surface area contributed by atoms with Crippen molar-refractivity contribution in [3.05, 3.63) is 78.6 Å². The lowest BCUT2D eigenvalue weighted by Gasteiger charge is -2.07. The first-order valence-electron chi connectivity index (χ1n) is 11.2. The molecule has 10 nitrogen and oxygen atoms in total. The summed E-state index contributed by atoms with van der Waals surface area (Å²) in [6.07, 6.45) is 7.54. The zero-order valence-corrected chi connectivity index (χ0v) is 20.2. The smallest absolute Gasteiger partial charge is 0.209 e. The fourth-order valence-electron chi connectivity index (χ4n) is 4.18. The predicted octanol–water partition coefficient (Wildman–Crippen LogP) is 3.81. The van der Waals surface area contributed by atoms with E-state index in [1.54, 1.807) is 30.9 Å². The van der Waals surface area contributed by atoms with Crippen LogP contribution in [0.3, 0.4) is 0 Å². The Kier molecular flexibility index (Phi) is 5.46. The highest BCUT2D eigenvalue weighted by Crippen LogP contribution is 2.33. The van der Waals surface area contributed by atoms with Crippen molar-refractivity contribution in [2.75, 3.05) is 6.26 Å². The van der Waals surface area contributed by atoms with Crippen LogP contribution in [0.5, 0.6) is 0 Å². The molecule has 0 aliphatic heterocycles. The number of pyridine rings is 2. The summed E-state index contributed by atoms with van der Waals surface area (Å²) < 4.78 is 39.8. The summed E-state index contributed by atoms with van der Waals surface area (Å²) in [4.78, 5) is 21.0. The number of halogens is 1. The fraction of sp³-hybridized carbons (Fsp3) is 0.0800. The van der Waals surface area contributed by atoms with E-state index in [1.165, 1.54) is 12.1 Å². The Hall–Kier alpha value is -4.55. The molecule has 3 N–H and O–H groups in total. The number of fused-ring (bicyclic) bond motifs is 2. The molecule has 0 unspecified atom stereocenters. The topological polar surface area (TPSA) is 142 Å². The summed E-state index contributed by atoms with van der Waals surface area (Å²) in [5, 5.41) is 8.24. The van der Waals surface area contributed by atoms with Crippen molar-refractivity contribution in [2.45, 2.75) is 6.54 Å². The van der Waals surface area contributed by atoms with Gasteiger partial charge in [0.25, 0.3) is 0 Å². The zero-order valence-electron chi connectivity index (χ0n) is 19.4. The van der Waals surface area contributed by atoms with Crippen LogP contribution in [0, 0.1) is 5.82 Å². The summed E-state index contributed by atoms with van der Waals surface area (Å²) >= 11 is 0. The van der Waals surface area contributed by atoms with Crippen LogP contribution in [0.1, 0.15) is 5.56 Å². The van der Waals surface area contributed by atoms with Gasteiger partial charge < -0.3 is 4.98 Å². The van der Waals surface area contributed by atoms with E-state index >= 15 is 0 Å². The van der Waals surface area contributed by atoms with Crippen molar-refractivity contribution >= 4 is 32.0 Å². The van der Waals surface area contributed by atoms with Gasteiger partial charge in [-0.05, 0) is 48.0 Å². The number of hydrogen-bond donors (Lipinski definition) is 3. The van der Waals surface area contributed by atoms with Crippen LogP contribution in [0.15, 0.2) is 67.3 Å². The van der Waals surface area contributed by atoms with E-state index in [9.17, 15) is 12.8 Å². The standard InChI is InChI=1S/C25H19FN8O2S/c1-37(35,36)30-12-14-8-15(10-16(26)9-14)23-17-11-21(31-18(17)4-5-29-23)25-24-20(33-34-25)3-2-19(32-24)22-13-27-6-7-28-22/h2-11,13,30-31H,12H2,1H3,(H,33,34). The first kappa shape index (κ1) is 22.9. The van der Waals surface area contributed by atoms with Gasteiger partial charge in [0.05, 0.1) is 35.1 Å². The van der Waals surface area contributed by atoms with Gasteiger partial charge >= 0.3 is 0 Å². The van der Waals surface area contributed by atoms with Gasteiger partial charge in [-0.3, -0.25) is 20.1 Å². The quantitative estimate of drug-likeness (QED) is 0.307. The van der Waals surface area contributed by atoms with E-state index in [4.69, 9.17) is 4.98 Å². The fourth-order valence-corrected chi connectivity index (χ4v) is 4.60. The minimum Gasteiger partial charge on any atom is -0.353 e. The summed E-state index contributed by atoms with van der Waals surface area (Å²) in [6.45, 7) is -0.0307. The Morgan fingerprint density at radius 1 is 0.946 bits per heavy atom. The molecule has 0 bridgehead atoms. The second-order valence-electron chi connectivity index (χ2n) is 8.50. The summed E-state index contributed by atoms with van der Waals surface area (Å²) in [5.41, 5.74) is 6.37. The van der Waals surface area contributed by atoms with Crippen molar-refractivity contribution in [1.82, 2.24) is 39.8 Å². The van der Waals surface area contributed by atoms with Crippen LogP contribution in [-0.4, -0.2) is 49.8 Å². The molecule has 1 aromatic carbocycles. The molecule has 0 amide bonds. The first-order valence-corrected chi connectivity index (χ1v) is 13.1. The zero-order chi connectivity index (χ0) is 25.6. The number of hydrogen-bond acceptors (Lipinski definition) is 7. The number of nitrogens with one attached hydrogen (secondary N) is 3. The molecule has 0 saturated heterocycles. The second kappa shape index (κ2) is 8.84. The van der Waals surface area contributed by atoms with Crippen molar-refractivity contribution < 1.29 is 12.8 Å². The molecule has 0 aliphatic rings. The molecule has 6 aromatic rings. The first-order chi connectivity index (χ1) is 17.8. The molecule has 37 heavy (non-hydrogen) atoms. The van der Waals surface area contributed by atoms with Gasteiger partial charge in [0.15, 0.2) is 0 Å². The molecule has 6 rings (SSSR count). The highest BCUT2D eigenvalue weighted by Gasteiger charge is 2.17. The van der Waals surface area contributed by atoms with Crippen LogP contribution in [0.4, 0.5) is 4.39 Å². The third-order valence-corrected chi connectivity index (χ3v) is 6.47. The van der Waals surface area contributed by atoms with E-state index in [0.717, 1.165) is 22.7 Å². The molecule has 5 heterocycles. The van der Waals surface area contributed by atoms with E-state index < -0.39 is 15.8 Å². The monoisotopic (exact) mass is 514 g/mol. The van der Waals surface area contributed by atoms with Gasteiger partial charge in [0.1, 0.15) is 22.7 Å². The number of benzene rings is 1. The lowest BCUT2D eigenvalue weighted by atomic mass is 10.0. The molecule has 12 heteroatoms. The van der Waals surface area contributed by atoms with Crippen molar-refractivity contribution in [1.29, 1.82) is 0 Å². The average Bonchev–Trinajstić information content (AvgIpc) is 3.51. The van der Waals surface area contributed by atoms with Crippen LogP contribution >= 0.6 is 0 Å². The van der Waals surface area contributed by atoms with E-state index in [1.807, 2.05) is 24.3 Å². The second-order valence-corrected chi connectivity index (χ2v) is 10.3. The lowest BCUT2D eigenvalue weighted by Crippen LogP contribution is -2.21. The van der Waals surface area contributed by atoms with Crippen molar-refractivity contribution in [3.63, 3.8) is 0 Å². The third kappa shape index (κ3) is 4.55. The van der Waals surface area contributed by atoms with E-state index in [-0.39, 0.29) is 6.54 Å². The minimum absolute atomic E-state index is 0.0307. The summed E-state index contributed by atoms with van der Waals surface area (Å²) in [5.74, 6) is -0.489. The van der Waals surface area contributed by atoms with Crippen molar-refractivity contribution in [2.24, 2.45) is 0 Å². The van der Waals surface area contributed by atoms with Gasteiger partial charge in [-0.25, -0.2) is 22.5 Å². The average molecular weight is 515 g/mol. The van der Waals surface area contributed by atoms with Crippen LogP contribution < -0.4 is 4.72 Å². The van der Waals surface area contributed by atoms with Crippen molar-refractivity contribution in [3.8, 4) is 34.0 Å². The maximum Gasteiger partial charge on any atom is 0.209 e. The highest BCUT2D eigenvalue weighted by molar-refractivity contribution is 7.88. The van der Waals surface area contributed by atoms with Crippen LogP contribution in [-0.2, 0) is 16.6 Å². The van der Waals surface area contributed by atoms with Gasteiger partial charge in [0.2, 0.25) is 10.0 Å². The Balaban J connectivity index is 1.44. The Bertz CT molecular complexity index is 1880. The molecule has 0 atom stereocenters. The normalized spacial score (nSPS) is 11.9. The number of rotatable bonds is 6. The molecular weight excluding hydrogens is 495 g/mol. The van der Waals surface area contributed by atoms with E-state index in [0.29, 0.717) is 45.1 Å². The Morgan fingerprint density at radius 3 is 2.65 bits per heavy atom. The highest BCUT2D eigenvalue weighted by atomic mass is 32.2. The van der Waals surface area contributed by atoms with Gasteiger partial charge in [-0.1, -0.05) is 0 Å². The molecule has 0 spiro atoms. The number of aromatic nitrogens is 7.